The number of hydrogen-bond acceptors (Lipinski definition) is 3. The van der Waals surface area contributed by atoms with Crippen LogP contribution in [0.5, 0.6) is 0 Å². The second-order valence-electron chi connectivity index (χ2n) is 3.71. The molecule has 2 N–H and O–H groups in total. The van der Waals surface area contributed by atoms with Crippen LogP contribution < -0.4 is 0 Å². The minimum atomic E-state index is -1.09. The Labute approximate surface area is 102 Å². The molecule has 0 aliphatic rings. The minimum Gasteiger partial charge on any atom is -0.477 e. The molecule has 6 heteroatoms. The van der Waals surface area contributed by atoms with Gasteiger partial charge in [0.25, 0.3) is 0 Å². The molecule has 1 heterocycles. The summed E-state index contributed by atoms with van der Waals surface area (Å²) in [7, 11) is 1.48. The number of carboxylic acid groups (broad SMARTS) is 1. The van der Waals surface area contributed by atoms with Crippen LogP contribution in [0.4, 0.5) is 4.39 Å². The van der Waals surface area contributed by atoms with Gasteiger partial charge in [0.2, 0.25) is 0 Å². The average molecular weight is 250 g/mol. The molecule has 0 unspecified atom stereocenters. The normalized spacial score (nSPS) is 10.6. The van der Waals surface area contributed by atoms with Gasteiger partial charge in [0, 0.05) is 18.2 Å². The Morgan fingerprint density at radius 2 is 2.28 bits per heavy atom. The van der Waals surface area contributed by atoms with Gasteiger partial charge in [-0.25, -0.2) is 9.18 Å². The molecule has 0 radical (unpaired) electrons. The Morgan fingerprint density at radius 3 is 2.89 bits per heavy atom. The summed E-state index contributed by atoms with van der Waals surface area (Å²) in [5.74, 6) is -1.46. The van der Waals surface area contributed by atoms with E-state index in [1.54, 1.807) is 6.07 Å². The van der Waals surface area contributed by atoms with Crippen molar-refractivity contribution in [2.45, 2.75) is 6.61 Å². The fourth-order valence-corrected chi connectivity index (χ4v) is 1.58. The number of aromatic carboxylic acids is 1. The number of nitrogens with zero attached hydrogens (tertiary/aromatic N) is 1. The van der Waals surface area contributed by atoms with E-state index in [-0.39, 0.29) is 18.1 Å². The maximum atomic E-state index is 13.4. The third-order valence-electron chi connectivity index (χ3n) is 2.45. The molecular weight excluding hydrogens is 239 g/mol. The van der Waals surface area contributed by atoms with Crippen LogP contribution in [0, 0.1) is 5.82 Å². The van der Waals surface area contributed by atoms with Crippen molar-refractivity contribution in [1.29, 1.82) is 0 Å². The molecule has 2 aromatic rings. The molecular formula is C12H11FN2O3. The van der Waals surface area contributed by atoms with Gasteiger partial charge in [0.05, 0.1) is 12.3 Å². The van der Waals surface area contributed by atoms with Crippen molar-refractivity contribution in [3.05, 3.63) is 41.3 Å². The standard InChI is InChI=1S/C12H11FN2O3/c1-18-6-8-4-7(2-3-9(8)13)10-5-11(12(16)17)15-14-10/h2-5H,6H2,1H3,(H,14,15)(H,16,17). The lowest BCUT2D eigenvalue weighted by atomic mass is 10.1. The van der Waals surface area contributed by atoms with Gasteiger partial charge in [0.15, 0.2) is 0 Å². The second kappa shape index (κ2) is 4.97. The number of halogens is 1. The van der Waals surface area contributed by atoms with Gasteiger partial charge < -0.3 is 9.84 Å². The first-order chi connectivity index (χ1) is 8.61. The average Bonchev–Trinajstić information content (AvgIpc) is 2.82. The van der Waals surface area contributed by atoms with Crippen LogP contribution in [0.25, 0.3) is 11.3 Å². The summed E-state index contributed by atoms with van der Waals surface area (Å²) in [6, 6.07) is 5.82. The molecule has 0 spiro atoms. The number of benzene rings is 1. The topological polar surface area (TPSA) is 75.2 Å². The van der Waals surface area contributed by atoms with E-state index in [0.717, 1.165) is 0 Å². The highest BCUT2D eigenvalue weighted by Gasteiger charge is 2.11. The predicted molar refractivity (Wildman–Crippen MR) is 61.7 cm³/mol. The van der Waals surface area contributed by atoms with Gasteiger partial charge in [-0.1, -0.05) is 0 Å². The van der Waals surface area contributed by atoms with E-state index in [0.29, 0.717) is 16.8 Å². The number of nitrogens with one attached hydrogen (secondary N) is 1. The molecule has 0 amide bonds. The van der Waals surface area contributed by atoms with Gasteiger partial charge in [0.1, 0.15) is 11.5 Å². The van der Waals surface area contributed by atoms with Gasteiger partial charge >= 0.3 is 5.97 Å². The van der Waals surface area contributed by atoms with E-state index in [2.05, 4.69) is 10.2 Å². The molecule has 0 bridgehead atoms. The van der Waals surface area contributed by atoms with Crippen LogP contribution in [-0.4, -0.2) is 28.4 Å². The highest BCUT2D eigenvalue weighted by molar-refractivity contribution is 5.86. The Morgan fingerprint density at radius 1 is 1.50 bits per heavy atom. The molecule has 0 saturated heterocycles. The Kier molecular flexibility index (Phi) is 3.38. The number of rotatable bonds is 4. The molecule has 1 aromatic carbocycles. The molecule has 94 valence electrons. The fraction of sp³-hybridized carbons (Fsp3) is 0.167. The molecule has 0 aliphatic carbocycles. The van der Waals surface area contributed by atoms with Gasteiger partial charge in [-0.15, -0.1) is 0 Å². The number of carbonyl (C=O) groups is 1. The number of carboxylic acids is 1. The van der Waals surface area contributed by atoms with Gasteiger partial charge in [-0.2, -0.15) is 5.10 Å². The summed E-state index contributed by atoms with van der Waals surface area (Å²) in [5, 5.41) is 15.0. The van der Waals surface area contributed by atoms with E-state index in [1.165, 1.54) is 25.3 Å². The predicted octanol–water partition coefficient (Wildman–Crippen LogP) is 2.06. The maximum absolute atomic E-state index is 13.4. The van der Waals surface area contributed by atoms with Crippen LogP contribution in [0.1, 0.15) is 16.1 Å². The summed E-state index contributed by atoms with van der Waals surface area (Å²) < 4.78 is 18.3. The van der Waals surface area contributed by atoms with Gasteiger partial charge in [-0.05, 0) is 24.3 Å². The fourth-order valence-electron chi connectivity index (χ4n) is 1.58. The van der Waals surface area contributed by atoms with Crippen LogP contribution in [0.3, 0.4) is 0 Å². The minimum absolute atomic E-state index is 0.0115. The maximum Gasteiger partial charge on any atom is 0.353 e. The quantitative estimate of drug-likeness (QED) is 0.870. The summed E-state index contributed by atoms with van der Waals surface area (Å²) in [6.07, 6.45) is 0. The van der Waals surface area contributed by atoms with Crippen LogP contribution in [-0.2, 0) is 11.3 Å². The Hall–Kier alpha value is -2.21. The number of aromatic amines is 1. The van der Waals surface area contributed by atoms with Crippen molar-refractivity contribution >= 4 is 5.97 Å². The summed E-state index contributed by atoms with van der Waals surface area (Å²) in [4.78, 5) is 10.7. The Balaban J connectivity index is 2.37. The molecule has 0 saturated carbocycles. The van der Waals surface area contributed by atoms with Crippen LogP contribution >= 0.6 is 0 Å². The van der Waals surface area contributed by atoms with Crippen molar-refractivity contribution in [3.63, 3.8) is 0 Å². The number of methoxy groups -OCH3 is 1. The SMILES string of the molecule is COCc1cc(-c2cc(C(=O)O)[nH]n2)ccc1F. The molecule has 5 nitrogen and oxygen atoms in total. The Bertz CT molecular complexity index is 580. The van der Waals surface area contributed by atoms with Crippen molar-refractivity contribution in [3.8, 4) is 11.3 Å². The summed E-state index contributed by atoms with van der Waals surface area (Å²) in [6.45, 7) is 0.149. The number of hydrogen-bond donors (Lipinski definition) is 2. The number of H-pyrrole nitrogens is 1. The van der Waals surface area contributed by atoms with E-state index in [9.17, 15) is 9.18 Å². The third-order valence-corrected chi connectivity index (χ3v) is 2.45. The second-order valence-corrected chi connectivity index (χ2v) is 3.71. The highest BCUT2D eigenvalue weighted by atomic mass is 19.1. The van der Waals surface area contributed by atoms with Crippen LogP contribution in [0.15, 0.2) is 24.3 Å². The van der Waals surface area contributed by atoms with Crippen LogP contribution in [0.2, 0.25) is 0 Å². The molecule has 0 aliphatic heterocycles. The summed E-state index contributed by atoms with van der Waals surface area (Å²) >= 11 is 0. The zero-order chi connectivity index (χ0) is 13.1. The first kappa shape index (κ1) is 12.3. The molecule has 0 atom stereocenters. The lowest BCUT2D eigenvalue weighted by molar-refractivity contribution is 0.0690. The lowest BCUT2D eigenvalue weighted by Crippen LogP contribution is -1.95. The zero-order valence-corrected chi connectivity index (χ0v) is 9.61. The number of ether oxygens (including phenoxy) is 1. The molecule has 18 heavy (non-hydrogen) atoms. The number of aromatic nitrogens is 2. The first-order valence-electron chi connectivity index (χ1n) is 5.18. The zero-order valence-electron chi connectivity index (χ0n) is 9.61. The van der Waals surface area contributed by atoms with E-state index in [4.69, 9.17) is 9.84 Å². The van der Waals surface area contributed by atoms with Crippen molar-refractivity contribution < 1.29 is 19.0 Å². The molecule has 0 fully saturated rings. The summed E-state index contributed by atoms with van der Waals surface area (Å²) in [5.41, 5.74) is 1.47. The lowest BCUT2D eigenvalue weighted by Gasteiger charge is -2.03. The van der Waals surface area contributed by atoms with Gasteiger partial charge in [-0.3, -0.25) is 5.10 Å². The van der Waals surface area contributed by atoms with E-state index < -0.39 is 5.97 Å². The van der Waals surface area contributed by atoms with Crippen molar-refractivity contribution in [2.24, 2.45) is 0 Å². The molecule has 1 aromatic heterocycles. The highest BCUT2D eigenvalue weighted by Crippen LogP contribution is 2.21. The smallest absolute Gasteiger partial charge is 0.353 e. The van der Waals surface area contributed by atoms with Crippen molar-refractivity contribution in [1.82, 2.24) is 10.2 Å². The van der Waals surface area contributed by atoms with Crippen molar-refractivity contribution in [2.75, 3.05) is 7.11 Å². The molecule has 2 rings (SSSR count). The first-order valence-corrected chi connectivity index (χ1v) is 5.18. The van der Waals surface area contributed by atoms with E-state index in [1.807, 2.05) is 0 Å². The largest absolute Gasteiger partial charge is 0.477 e. The monoisotopic (exact) mass is 250 g/mol. The van der Waals surface area contributed by atoms with E-state index >= 15 is 0 Å². The third kappa shape index (κ3) is 2.38.